The van der Waals surface area contributed by atoms with Gasteiger partial charge in [0, 0.05) is 57.4 Å². The third-order valence-corrected chi connectivity index (χ3v) is 4.23. The van der Waals surface area contributed by atoms with E-state index in [1.807, 2.05) is 13.8 Å². The highest BCUT2D eigenvalue weighted by molar-refractivity contribution is 5.19. The zero-order valence-electron chi connectivity index (χ0n) is 11.4. The van der Waals surface area contributed by atoms with Gasteiger partial charge in [-0.2, -0.15) is 0 Å². The highest BCUT2D eigenvalue weighted by Gasteiger charge is 2.31. The van der Waals surface area contributed by atoms with Gasteiger partial charge in [0.05, 0.1) is 0 Å². The number of nitrogens with zero attached hydrogens (tertiary/aromatic N) is 2. The lowest BCUT2D eigenvalue weighted by Gasteiger charge is -2.47. The normalized spacial score (nSPS) is 30.9. The zero-order chi connectivity index (χ0) is 12.5. The quantitative estimate of drug-likeness (QED) is 0.862. The molecule has 4 heteroatoms. The van der Waals surface area contributed by atoms with Crippen LogP contribution in [0, 0.1) is 13.8 Å². The van der Waals surface area contributed by atoms with Crippen LogP contribution < -0.4 is 5.32 Å². The topological polar surface area (TPSA) is 31.6 Å². The molecule has 3 aliphatic rings. The molecule has 0 aliphatic carbocycles. The second kappa shape index (κ2) is 5.03. The Kier molecular flexibility index (Phi) is 3.41. The number of aryl methyl sites for hydroxylation is 2. The van der Waals surface area contributed by atoms with Gasteiger partial charge in [0.1, 0.15) is 11.5 Å². The van der Waals surface area contributed by atoms with E-state index < -0.39 is 0 Å². The van der Waals surface area contributed by atoms with Crippen LogP contribution in [-0.2, 0) is 6.54 Å². The lowest BCUT2D eigenvalue weighted by atomic mass is 10.1. The molecule has 3 fully saturated rings. The van der Waals surface area contributed by atoms with Crippen molar-refractivity contribution in [1.82, 2.24) is 15.1 Å². The summed E-state index contributed by atoms with van der Waals surface area (Å²) in [7, 11) is 0. The van der Waals surface area contributed by atoms with Crippen molar-refractivity contribution in [3.8, 4) is 0 Å². The van der Waals surface area contributed by atoms with Crippen molar-refractivity contribution >= 4 is 0 Å². The standard InChI is InChI=1S/C14H23N3O/c1-11-7-13(12(2)18-11)8-15-9-14-10-16-3-5-17(14)6-4-16/h7,14-15H,3-6,8-10H2,1-2H3. The summed E-state index contributed by atoms with van der Waals surface area (Å²) in [6.07, 6.45) is 0. The number of piperazine rings is 3. The highest BCUT2D eigenvalue weighted by Crippen LogP contribution is 2.16. The van der Waals surface area contributed by atoms with Gasteiger partial charge in [-0.25, -0.2) is 0 Å². The summed E-state index contributed by atoms with van der Waals surface area (Å²) in [5, 5.41) is 3.58. The van der Waals surface area contributed by atoms with Crippen molar-refractivity contribution in [3.05, 3.63) is 23.2 Å². The first-order chi connectivity index (χ1) is 8.72. The summed E-state index contributed by atoms with van der Waals surface area (Å²) in [6.45, 7) is 12.3. The third kappa shape index (κ3) is 2.46. The molecule has 1 atom stereocenters. The van der Waals surface area contributed by atoms with Crippen LogP contribution in [0.25, 0.3) is 0 Å². The predicted molar refractivity (Wildman–Crippen MR) is 71.7 cm³/mol. The van der Waals surface area contributed by atoms with E-state index >= 15 is 0 Å². The van der Waals surface area contributed by atoms with Gasteiger partial charge in [-0.1, -0.05) is 0 Å². The molecular weight excluding hydrogens is 226 g/mol. The molecule has 100 valence electrons. The monoisotopic (exact) mass is 249 g/mol. The van der Waals surface area contributed by atoms with Crippen LogP contribution in [0.15, 0.2) is 10.5 Å². The lowest BCUT2D eigenvalue weighted by molar-refractivity contribution is 0.0136. The molecule has 4 nitrogen and oxygen atoms in total. The number of hydrogen-bond donors (Lipinski definition) is 1. The molecule has 1 aromatic rings. The number of nitrogens with one attached hydrogen (secondary N) is 1. The van der Waals surface area contributed by atoms with Gasteiger partial charge in [-0.05, 0) is 19.9 Å². The Labute approximate surface area is 109 Å². The fraction of sp³-hybridized carbons (Fsp3) is 0.714. The van der Waals surface area contributed by atoms with Gasteiger partial charge in [0.25, 0.3) is 0 Å². The first kappa shape index (κ1) is 12.2. The van der Waals surface area contributed by atoms with Gasteiger partial charge in [-0.3, -0.25) is 9.80 Å². The molecular formula is C14H23N3O. The maximum absolute atomic E-state index is 5.55. The minimum atomic E-state index is 0.695. The number of fused-ring (bicyclic) bond motifs is 3. The van der Waals surface area contributed by atoms with Crippen LogP contribution in [-0.4, -0.2) is 55.1 Å². The van der Waals surface area contributed by atoms with Crippen LogP contribution >= 0.6 is 0 Å². The van der Waals surface area contributed by atoms with Crippen LogP contribution in [0.1, 0.15) is 17.1 Å². The Morgan fingerprint density at radius 3 is 2.61 bits per heavy atom. The number of rotatable bonds is 4. The average Bonchev–Trinajstić information content (AvgIpc) is 2.70. The van der Waals surface area contributed by atoms with Crippen molar-refractivity contribution < 1.29 is 4.42 Å². The second-order valence-electron chi connectivity index (χ2n) is 5.56. The maximum atomic E-state index is 5.55. The van der Waals surface area contributed by atoms with Crippen molar-refractivity contribution in [2.24, 2.45) is 0 Å². The molecule has 1 unspecified atom stereocenters. The molecule has 3 saturated heterocycles. The molecule has 1 aromatic heterocycles. The fourth-order valence-corrected chi connectivity index (χ4v) is 3.15. The van der Waals surface area contributed by atoms with Gasteiger partial charge in [-0.15, -0.1) is 0 Å². The highest BCUT2D eigenvalue weighted by atomic mass is 16.3. The molecule has 2 bridgehead atoms. The number of furan rings is 1. The van der Waals surface area contributed by atoms with Crippen molar-refractivity contribution in [3.63, 3.8) is 0 Å². The van der Waals surface area contributed by atoms with Crippen molar-refractivity contribution in [1.29, 1.82) is 0 Å². The van der Waals surface area contributed by atoms with E-state index in [9.17, 15) is 0 Å². The first-order valence-electron chi connectivity index (χ1n) is 6.95. The molecule has 0 radical (unpaired) electrons. The summed E-state index contributed by atoms with van der Waals surface area (Å²) < 4.78 is 5.55. The summed E-state index contributed by atoms with van der Waals surface area (Å²) >= 11 is 0. The summed E-state index contributed by atoms with van der Waals surface area (Å²) in [5.41, 5.74) is 1.30. The molecule has 4 heterocycles. The zero-order valence-corrected chi connectivity index (χ0v) is 11.4. The summed E-state index contributed by atoms with van der Waals surface area (Å²) in [6, 6.07) is 2.83. The SMILES string of the molecule is Cc1cc(CNCC2CN3CCN2CC3)c(C)o1. The Balaban J connectivity index is 1.49. The Hall–Kier alpha value is -0.840. The molecule has 18 heavy (non-hydrogen) atoms. The summed E-state index contributed by atoms with van der Waals surface area (Å²) in [5.74, 6) is 2.06. The van der Waals surface area contributed by atoms with E-state index in [2.05, 4.69) is 21.2 Å². The van der Waals surface area contributed by atoms with E-state index in [0.717, 1.165) is 24.6 Å². The van der Waals surface area contributed by atoms with Crippen molar-refractivity contribution in [2.75, 3.05) is 39.3 Å². The Bertz CT molecular complexity index is 407. The van der Waals surface area contributed by atoms with Crippen LogP contribution in [0.4, 0.5) is 0 Å². The van der Waals surface area contributed by atoms with Crippen LogP contribution in [0.5, 0.6) is 0 Å². The van der Waals surface area contributed by atoms with Gasteiger partial charge in [0.15, 0.2) is 0 Å². The largest absolute Gasteiger partial charge is 0.466 e. The maximum Gasteiger partial charge on any atom is 0.105 e. The van der Waals surface area contributed by atoms with E-state index in [1.165, 1.54) is 38.3 Å². The second-order valence-corrected chi connectivity index (χ2v) is 5.56. The van der Waals surface area contributed by atoms with Gasteiger partial charge in [0.2, 0.25) is 0 Å². The lowest BCUT2D eigenvalue weighted by Crippen LogP contribution is -2.63. The summed E-state index contributed by atoms with van der Waals surface area (Å²) in [4.78, 5) is 5.21. The molecule has 4 rings (SSSR count). The first-order valence-corrected chi connectivity index (χ1v) is 6.95. The third-order valence-electron chi connectivity index (χ3n) is 4.23. The fourth-order valence-electron chi connectivity index (χ4n) is 3.15. The predicted octanol–water partition coefficient (Wildman–Crippen LogP) is 0.986. The van der Waals surface area contributed by atoms with Gasteiger partial charge < -0.3 is 9.73 Å². The average molecular weight is 249 g/mol. The van der Waals surface area contributed by atoms with Crippen molar-refractivity contribution in [2.45, 2.75) is 26.4 Å². The Morgan fingerprint density at radius 2 is 2.06 bits per heavy atom. The molecule has 0 saturated carbocycles. The van der Waals surface area contributed by atoms with E-state index in [4.69, 9.17) is 4.42 Å². The van der Waals surface area contributed by atoms with Crippen LogP contribution in [0.2, 0.25) is 0 Å². The minimum Gasteiger partial charge on any atom is -0.466 e. The van der Waals surface area contributed by atoms with E-state index in [1.54, 1.807) is 0 Å². The van der Waals surface area contributed by atoms with Gasteiger partial charge >= 0.3 is 0 Å². The molecule has 0 aromatic carbocycles. The smallest absolute Gasteiger partial charge is 0.105 e. The molecule has 0 amide bonds. The molecule has 3 aliphatic heterocycles. The molecule has 1 N–H and O–H groups in total. The van der Waals surface area contributed by atoms with E-state index in [0.29, 0.717) is 6.04 Å². The number of hydrogen-bond acceptors (Lipinski definition) is 4. The van der Waals surface area contributed by atoms with Crippen LogP contribution in [0.3, 0.4) is 0 Å². The van der Waals surface area contributed by atoms with E-state index in [-0.39, 0.29) is 0 Å². The minimum absolute atomic E-state index is 0.695. The molecule has 0 spiro atoms. The Morgan fingerprint density at radius 1 is 1.28 bits per heavy atom.